The fourth-order valence-corrected chi connectivity index (χ4v) is 3.14. The van der Waals surface area contributed by atoms with Crippen molar-refractivity contribution >= 4 is 0 Å². The zero-order valence-electron chi connectivity index (χ0n) is 13.8. The summed E-state index contributed by atoms with van der Waals surface area (Å²) in [6.07, 6.45) is 4.25. The van der Waals surface area contributed by atoms with Gasteiger partial charge in [0.05, 0.1) is 12.0 Å². The molecule has 1 heterocycles. The second kappa shape index (κ2) is 6.05. The Hall–Kier alpha value is -0.940. The maximum atomic E-state index is 9.82. The van der Waals surface area contributed by atoms with Crippen molar-refractivity contribution in [1.29, 1.82) is 0 Å². The van der Waals surface area contributed by atoms with E-state index in [2.05, 4.69) is 24.0 Å². The van der Waals surface area contributed by atoms with Gasteiger partial charge in [-0.15, -0.1) is 0 Å². The molecular weight excluding hydrogens is 268 g/mol. The predicted octanol–water partition coefficient (Wildman–Crippen LogP) is 3.39. The summed E-state index contributed by atoms with van der Waals surface area (Å²) in [5, 5.41) is 14.0. The van der Waals surface area contributed by atoms with Crippen LogP contribution < -0.4 is 0 Å². The second-order valence-electron chi connectivity index (χ2n) is 7.07. The van der Waals surface area contributed by atoms with Crippen molar-refractivity contribution in [3.8, 4) is 0 Å². The molecule has 2 unspecified atom stereocenters. The molecule has 0 saturated heterocycles. The van der Waals surface area contributed by atoms with Crippen molar-refractivity contribution in [2.75, 3.05) is 7.11 Å². The summed E-state index contributed by atoms with van der Waals surface area (Å²) in [4.78, 5) is 4.55. The Morgan fingerprint density at radius 2 is 1.90 bits per heavy atom. The molecule has 5 heteroatoms. The van der Waals surface area contributed by atoms with Gasteiger partial charge in [0, 0.05) is 7.11 Å². The van der Waals surface area contributed by atoms with Crippen molar-refractivity contribution in [2.45, 2.75) is 77.4 Å². The third kappa shape index (κ3) is 3.29. The number of methoxy groups -OCH3 is 1. The second-order valence-corrected chi connectivity index (χ2v) is 7.07. The van der Waals surface area contributed by atoms with Gasteiger partial charge in [-0.2, -0.15) is 4.98 Å². The van der Waals surface area contributed by atoms with Gasteiger partial charge in [0.15, 0.2) is 0 Å². The zero-order valence-corrected chi connectivity index (χ0v) is 13.8. The number of nitrogens with zero attached hydrogens (tertiary/aromatic N) is 2. The summed E-state index contributed by atoms with van der Waals surface area (Å²) in [7, 11) is 1.72. The topological polar surface area (TPSA) is 68.4 Å². The lowest BCUT2D eigenvalue weighted by atomic mass is 9.70. The van der Waals surface area contributed by atoms with E-state index in [0.29, 0.717) is 17.1 Å². The summed E-state index contributed by atoms with van der Waals surface area (Å²) >= 11 is 0. The van der Waals surface area contributed by atoms with Crippen molar-refractivity contribution in [3.63, 3.8) is 0 Å². The Balaban J connectivity index is 2.22. The first kappa shape index (κ1) is 16.4. The summed E-state index contributed by atoms with van der Waals surface area (Å²) in [6.45, 7) is 8.34. The summed E-state index contributed by atoms with van der Waals surface area (Å²) in [5.74, 6) is 1.04. The SMILES string of the molecule is CCC(c1nc(C2(OC)CCC(C)(C)CC2)no1)C(C)O. The maximum absolute atomic E-state index is 9.82. The molecule has 21 heavy (non-hydrogen) atoms. The molecule has 0 spiro atoms. The normalized spacial score (nSPS) is 23.7. The number of rotatable bonds is 5. The number of aromatic nitrogens is 2. The average molecular weight is 296 g/mol. The summed E-state index contributed by atoms with van der Waals surface area (Å²) in [6, 6.07) is 0. The van der Waals surface area contributed by atoms with Crippen molar-refractivity contribution < 1.29 is 14.4 Å². The first-order valence-corrected chi connectivity index (χ1v) is 7.91. The molecule has 0 aliphatic heterocycles. The number of hydrogen-bond acceptors (Lipinski definition) is 5. The lowest BCUT2D eigenvalue weighted by Crippen LogP contribution is -2.37. The van der Waals surface area contributed by atoms with Crippen LogP contribution in [0.1, 0.15) is 77.4 Å². The highest BCUT2D eigenvalue weighted by Crippen LogP contribution is 2.46. The number of ether oxygens (including phenoxy) is 1. The Bertz CT molecular complexity index is 458. The molecule has 5 nitrogen and oxygen atoms in total. The van der Waals surface area contributed by atoms with Gasteiger partial charge in [-0.05, 0) is 44.4 Å². The largest absolute Gasteiger partial charge is 0.393 e. The molecule has 1 saturated carbocycles. The Morgan fingerprint density at radius 1 is 1.29 bits per heavy atom. The van der Waals surface area contributed by atoms with Crippen molar-refractivity contribution in [2.24, 2.45) is 5.41 Å². The quantitative estimate of drug-likeness (QED) is 0.902. The van der Waals surface area contributed by atoms with E-state index in [-0.39, 0.29) is 5.92 Å². The summed E-state index contributed by atoms with van der Waals surface area (Å²) < 4.78 is 11.2. The molecule has 1 fully saturated rings. The third-order valence-corrected chi connectivity index (χ3v) is 4.99. The van der Waals surface area contributed by atoms with Gasteiger partial charge in [-0.25, -0.2) is 0 Å². The van der Waals surface area contributed by atoms with E-state index in [9.17, 15) is 5.11 Å². The third-order valence-electron chi connectivity index (χ3n) is 4.99. The van der Waals surface area contributed by atoms with Gasteiger partial charge < -0.3 is 14.4 Å². The van der Waals surface area contributed by atoms with Gasteiger partial charge in [0.25, 0.3) is 0 Å². The smallest absolute Gasteiger partial charge is 0.232 e. The molecule has 120 valence electrons. The van der Waals surface area contributed by atoms with Crippen LogP contribution in [-0.4, -0.2) is 28.5 Å². The van der Waals surface area contributed by atoms with Crippen LogP contribution >= 0.6 is 0 Å². The first-order chi connectivity index (χ1) is 9.83. The van der Waals surface area contributed by atoms with E-state index >= 15 is 0 Å². The Morgan fingerprint density at radius 3 is 2.38 bits per heavy atom. The van der Waals surface area contributed by atoms with Crippen LogP contribution in [-0.2, 0) is 10.3 Å². The van der Waals surface area contributed by atoms with E-state index in [1.807, 2.05) is 6.92 Å². The average Bonchev–Trinajstić information content (AvgIpc) is 2.90. The predicted molar refractivity (Wildman–Crippen MR) is 79.9 cm³/mol. The standard InChI is InChI=1S/C16H28N2O3/c1-6-12(11(2)19)13-17-14(18-21-13)16(20-5)9-7-15(3,4)8-10-16/h11-12,19H,6-10H2,1-5H3. The minimum Gasteiger partial charge on any atom is -0.393 e. The van der Waals surface area contributed by atoms with Crippen LogP contribution in [0.25, 0.3) is 0 Å². The van der Waals surface area contributed by atoms with E-state index < -0.39 is 11.7 Å². The number of aliphatic hydroxyl groups is 1. The molecule has 1 N–H and O–H groups in total. The van der Waals surface area contributed by atoms with Gasteiger partial charge in [0.2, 0.25) is 11.7 Å². The number of hydrogen-bond donors (Lipinski definition) is 1. The molecule has 2 rings (SSSR count). The molecule has 1 aromatic rings. The van der Waals surface area contributed by atoms with Crippen LogP contribution in [0.2, 0.25) is 0 Å². The lowest BCUT2D eigenvalue weighted by molar-refractivity contribution is -0.0740. The highest BCUT2D eigenvalue weighted by atomic mass is 16.5. The molecule has 0 amide bonds. The molecule has 1 aliphatic rings. The Kier molecular flexibility index (Phi) is 4.73. The highest BCUT2D eigenvalue weighted by Gasteiger charge is 2.43. The molecule has 0 radical (unpaired) electrons. The van der Waals surface area contributed by atoms with Crippen LogP contribution in [0.4, 0.5) is 0 Å². The highest BCUT2D eigenvalue weighted by molar-refractivity contribution is 5.07. The van der Waals surface area contributed by atoms with E-state index in [1.54, 1.807) is 14.0 Å². The van der Waals surface area contributed by atoms with Crippen LogP contribution in [0, 0.1) is 5.41 Å². The lowest BCUT2D eigenvalue weighted by Gasteiger charge is -2.40. The monoisotopic (exact) mass is 296 g/mol. The van der Waals surface area contributed by atoms with Crippen molar-refractivity contribution in [1.82, 2.24) is 10.1 Å². The molecule has 0 bridgehead atoms. The fraction of sp³-hybridized carbons (Fsp3) is 0.875. The van der Waals surface area contributed by atoms with E-state index in [4.69, 9.17) is 9.26 Å². The van der Waals surface area contributed by atoms with E-state index in [1.165, 1.54) is 0 Å². The molecule has 1 aromatic heterocycles. The molecular formula is C16H28N2O3. The van der Waals surface area contributed by atoms with Crippen molar-refractivity contribution in [3.05, 3.63) is 11.7 Å². The van der Waals surface area contributed by atoms with Gasteiger partial charge in [-0.3, -0.25) is 0 Å². The van der Waals surface area contributed by atoms with Gasteiger partial charge in [0.1, 0.15) is 5.60 Å². The Labute approximate surface area is 127 Å². The summed E-state index contributed by atoms with van der Waals surface area (Å²) in [5.41, 5.74) is -0.0889. The number of aliphatic hydroxyl groups excluding tert-OH is 1. The fourth-order valence-electron chi connectivity index (χ4n) is 3.14. The van der Waals surface area contributed by atoms with E-state index in [0.717, 1.165) is 32.1 Å². The van der Waals surface area contributed by atoms with Gasteiger partial charge in [-0.1, -0.05) is 25.9 Å². The first-order valence-electron chi connectivity index (χ1n) is 7.91. The van der Waals surface area contributed by atoms with Crippen LogP contribution in [0.3, 0.4) is 0 Å². The minimum atomic E-state index is -0.493. The van der Waals surface area contributed by atoms with Crippen LogP contribution in [0.5, 0.6) is 0 Å². The minimum absolute atomic E-state index is 0.111. The molecule has 0 aromatic carbocycles. The van der Waals surface area contributed by atoms with Gasteiger partial charge >= 0.3 is 0 Å². The molecule has 1 aliphatic carbocycles. The molecule has 2 atom stereocenters. The maximum Gasteiger partial charge on any atom is 0.232 e. The van der Waals surface area contributed by atoms with Crippen LogP contribution in [0.15, 0.2) is 4.52 Å². The zero-order chi connectivity index (χ0) is 15.7.